The molecule has 0 radical (unpaired) electrons. The highest BCUT2D eigenvalue weighted by Crippen LogP contribution is 2.47. The van der Waals surface area contributed by atoms with Crippen LogP contribution in [-0.2, 0) is 11.3 Å². The van der Waals surface area contributed by atoms with Gasteiger partial charge in [0.05, 0.1) is 11.6 Å². The molecule has 154 valence electrons. The van der Waals surface area contributed by atoms with Crippen LogP contribution < -0.4 is 5.32 Å². The molecule has 2 unspecified atom stereocenters. The van der Waals surface area contributed by atoms with Gasteiger partial charge in [-0.3, -0.25) is 0 Å². The molecular formula is C25H27N3O2. The molecule has 4 rings (SSSR count). The van der Waals surface area contributed by atoms with E-state index in [1.54, 1.807) is 6.08 Å². The third kappa shape index (κ3) is 4.72. The first kappa shape index (κ1) is 20.2. The lowest BCUT2D eigenvalue weighted by molar-refractivity contribution is 0.102. The SMILES string of the molecule is C=CCOC(=O)N(CC1(NCc2ccc(C#N)cc2)CC1)C1CC1c1ccccc1. The number of carbonyl (C=O) groups excluding carboxylic acids is 1. The van der Waals surface area contributed by atoms with Crippen molar-refractivity contribution < 1.29 is 9.53 Å². The standard InChI is InChI=1S/C25H27N3O2/c1-2-14-30-24(29)28(23-15-22(23)21-6-4-3-5-7-21)18-25(12-13-25)27-17-20-10-8-19(16-26)9-11-20/h2-11,22-23,27H,1,12-15,17-18H2. The molecule has 1 amide bonds. The molecule has 0 aromatic heterocycles. The highest BCUT2D eigenvalue weighted by molar-refractivity contribution is 5.69. The van der Waals surface area contributed by atoms with Crippen LogP contribution in [0.5, 0.6) is 0 Å². The summed E-state index contributed by atoms with van der Waals surface area (Å²) in [5, 5.41) is 12.6. The lowest BCUT2D eigenvalue weighted by Gasteiger charge is -2.28. The van der Waals surface area contributed by atoms with Gasteiger partial charge in [0, 0.05) is 30.6 Å². The molecule has 2 aromatic carbocycles. The molecule has 0 bridgehead atoms. The average Bonchev–Trinajstić information content (AvgIpc) is 3.71. The Morgan fingerprint density at radius 3 is 2.60 bits per heavy atom. The monoisotopic (exact) mass is 401 g/mol. The van der Waals surface area contributed by atoms with E-state index in [1.807, 2.05) is 47.4 Å². The van der Waals surface area contributed by atoms with Crippen molar-refractivity contribution in [1.29, 1.82) is 5.26 Å². The number of carbonyl (C=O) groups is 1. The number of amides is 1. The summed E-state index contributed by atoms with van der Waals surface area (Å²) < 4.78 is 5.41. The van der Waals surface area contributed by atoms with E-state index in [2.05, 4.69) is 30.1 Å². The van der Waals surface area contributed by atoms with Gasteiger partial charge in [-0.1, -0.05) is 55.1 Å². The summed E-state index contributed by atoms with van der Waals surface area (Å²) in [6.07, 6.45) is 4.39. The molecule has 2 saturated carbocycles. The molecule has 2 aliphatic rings. The van der Waals surface area contributed by atoms with E-state index in [4.69, 9.17) is 10.00 Å². The highest BCUT2D eigenvalue weighted by atomic mass is 16.6. The number of ether oxygens (including phenoxy) is 1. The van der Waals surface area contributed by atoms with Gasteiger partial charge in [0.1, 0.15) is 6.61 Å². The molecule has 0 aliphatic heterocycles. The Morgan fingerprint density at radius 1 is 1.23 bits per heavy atom. The second-order valence-electron chi connectivity index (χ2n) is 8.26. The Morgan fingerprint density at radius 2 is 1.97 bits per heavy atom. The fourth-order valence-electron chi connectivity index (χ4n) is 3.97. The van der Waals surface area contributed by atoms with Gasteiger partial charge in [-0.25, -0.2) is 4.79 Å². The smallest absolute Gasteiger partial charge is 0.410 e. The molecular weight excluding hydrogens is 374 g/mol. The summed E-state index contributed by atoms with van der Waals surface area (Å²) in [5.41, 5.74) is 3.01. The number of nitriles is 1. The topological polar surface area (TPSA) is 65.4 Å². The molecule has 2 aromatic rings. The van der Waals surface area contributed by atoms with Gasteiger partial charge in [0.25, 0.3) is 0 Å². The van der Waals surface area contributed by atoms with Gasteiger partial charge < -0.3 is 15.0 Å². The van der Waals surface area contributed by atoms with Gasteiger partial charge in [0.2, 0.25) is 0 Å². The van der Waals surface area contributed by atoms with Crippen molar-refractivity contribution in [2.24, 2.45) is 0 Å². The molecule has 5 nitrogen and oxygen atoms in total. The van der Waals surface area contributed by atoms with E-state index in [-0.39, 0.29) is 24.3 Å². The second-order valence-corrected chi connectivity index (χ2v) is 8.26. The normalized spacial score (nSPS) is 20.6. The Bertz CT molecular complexity index is 929. The molecule has 0 spiro atoms. The van der Waals surface area contributed by atoms with Crippen molar-refractivity contribution >= 4 is 6.09 Å². The minimum atomic E-state index is -0.259. The predicted molar refractivity (Wildman–Crippen MR) is 116 cm³/mol. The number of nitrogens with zero attached hydrogens (tertiary/aromatic N) is 2. The maximum Gasteiger partial charge on any atom is 0.410 e. The highest BCUT2D eigenvalue weighted by Gasteiger charge is 2.51. The van der Waals surface area contributed by atoms with Crippen LogP contribution in [0.25, 0.3) is 0 Å². The number of benzene rings is 2. The summed E-state index contributed by atoms with van der Waals surface area (Å²) in [6, 6.07) is 20.3. The molecule has 30 heavy (non-hydrogen) atoms. The lowest BCUT2D eigenvalue weighted by atomic mass is 10.1. The minimum absolute atomic E-state index is 0.0646. The molecule has 2 atom stereocenters. The number of hydrogen-bond donors (Lipinski definition) is 1. The first-order chi connectivity index (χ1) is 14.6. The summed E-state index contributed by atoms with van der Waals surface area (Å²) >= 11 is 0. The Labute approximate surface area is 178 Å². The van der Waals surface area contributed by atoms with E-state index >= 15 is 0 Å². The van der Waals surface area contributed by atoms with Crippen LogP contribution in [-0.4, -0.2) is 35.7 Å². The van der Waals surface area contributed by atoms with Crippen LogP contribution in [0.15, 0.2) is 67.3 Å². The largest absolute Gasteiger partial charge is 0.445 e. The molecule has 0 heterocycles. The van der Waals surface area contributed by atoms with E-state index in [0.717, 1.165) is 24.8 Å². The predicted octanol–water partition coefficient (Wildman–Crippen LogP) is 4.36. The second kappa shape index (κ2) is 8.73. The number of hydrogen-bond acceptors (Lipinski definition) is 4. The molecule has 2 fully saturated rings. The van der Waals surface area contributed by atoms with Crippen molar-refractivity contribution in [1.82, 2.24) is 10.2 Å². The van der Waals surface area contributed by atoms with Crippen LogP contribution in [0, 0.1) is 11.3 Å². The third-order valence-corrected chi connectivity index (χ3v) is 6.02. The van der Waals surface area contributed by atoms with Crippen LogP contribution in [0.2, 0.25) is 0 Å². The Hall–Kier alpha value is -3.10. The molecule has 5 heteroatoms. The molecule has 0 saturated heterocycles. The molecule has 1 N–H and O–H groups in total. The van der Waals surface area contributed by atoms with E-state index < -0.39 is 0 Å². The summed E-state index contributed by atoms with van der Waals surface area (Å²) in [5.74, 6) is 0.372. The average molecular weight is 402 g/mol. The van der Waals surface area contributed by atoms with Gasteiger partial charge in [-0.05, 0) is 42.5 Å². The quantitative estimate of drug-likeness (QED) is 0.634. The van der Waals surface area contributed by atoms with Crippen molar-refractivity contribution in [2.75, 3.05) is 13.2 Å². The van der Waals surface area contributed by atoms with Gasteiger partial charge in [-0.2, -0.15) is 5.26 Å². The number of nitrogens with one attached hydrogen (secondary N) is 1. The van der Waals surface area contributed by atoms with E-state index in [1.165, 1.54) is 5.56 Å². The van der Waals surface area contributed by atoms with Crippen molar-refractivity contribution in [3.8, 4) is 6.07 Å². The zero-order valence-electron chi connectivity index (χ0n) is 17.1. The lowest BCUT2D eigenvalue weighted by Crippen LogP contribution is -2.47. The maximum atomic E-state index is 12.8. The summed E-state index contributed by atoms with van der Waals surface area (Å²) in [4.78, 5) is 14.7. The first-order valence-corrected chi connectivity index (χ1v) is 10.5. The Kier molecular flexibility index (Phi) is 5.87. The van der Waals surface area contributed by atoms with Crippen LogP contribution in [0.1, 0.15) is 41.9 Å². The van der Waals surface area contributed by atoms with Crippen LogP contribution >= 0.6 is 0 Å². The minimum Gasteiger partial charge on any atom is -0.445 e. The van der Waals surface area contributed by atoms with Crippen LogP contribution in [0.4, 0.5) is 4.79 Å². The van der Waals surface area contributed by atoms with Crippen molar-refractivity contribution in [3.63, 3.8) is 0 Å². The zero-order valence-corrected chi connectivity index (χ0v) is 17.1. The zero-order chi connectivity index (χ0) is 21.0. The van der Waals surface area contributed by atoms with Gasteiger partial charge in [-0.15, -0.1) is 0 Å². The maximum absolute atomic E-state index is 12.8. The van der Waals surface area contributed by atoms with E-state index in [0.29, 0.717) is 24.6 Å². The fraction of sp³-hybridized carbons (Fsp3) is 0.360. The van der Waals surface area contributed by atoms with Crippen LogP contribution in [0.3, 0.4) is 0 Å². The Balaban J connectivity index is 1.41. The van der Waals surface area contributed by atoms with Crippen molar-refractivity contribution in [3.05, 3.63) is 83.9 Å². The summed E-state index contributed by atoms with van der Waals surface area (Å²) in [7, 11) is 0. The van der Waals surface area contributed by atoms with Crippen molar-refractivity contribution in [2.45, 2.75) is 43.3 Å². The van der Waals surface area contributed by atoms with E-state index in [9.17, 15) is 4.79 Å². The third-order valence-electron chi connectivity index (χ3n) is 6.02. The fourth-order valence-corrected chi connectivity index (χ4v) is 3.97. The number of rotatable bonds is 9. The summed E-state index contributed by atoms with van der Waals surface area (Å²) in [6.45, 7) is 5.24. The first-order valence-electron chi connectivity index (χ1n) is 10.5. The molecule has 2 aliphatic carbocycles. The van der Waals surface area contributed by atoms with Gasteiger partial charge >= 0.3 is 6.09 Å². The van der Waals surface area contributed by atoms with Gasteiger partial charge in [0.15, 0.2) is 0 Å².